The predicted molar refractivity (Wildman–Crippen MR) is 53.1 cm³/mol. The summed E-state index contributed by atoms with van der Waals surface area (Å²) in [5, 5.41) is 0. The molecule has 5 nitrogen and oxygen atoms in total. The van der Waals surface area contributed by atoms with Crippen molar-refractivity contribution in [1.82, 2.24) is 0 Å². The monoisotopic (exact) mass is 209 g/mol. The molecule has 15 heavy (non-hydrogen) atoms. The Hall–Kier alpha value is -2.04. The molecule has 1 amide bonds. The number of carbonyl (C=O) groups is 2. The zero-order chi connectivity index (χ0) is 11.3. The van der Waals surface area contributed by atoms with Gasteiger partial charge >= 0.3 is 0 Å². The van der Waals surface area contributed by atoms with Gasteiger partial charge in [0.15, 0.2) is 18.1 Å². The highest BCUT2D eigenvalue weighted by Gasteiger charge is 2.06. The minimum atomic E-state index is -0.589. The largest absolute Gasteiger partial charge is 0.493 e. The Kier molecular flexibility index (Phi) is 3.68. The third-order valence-electron chi connectivity index (χ3n) is 1.69. The quantitative estimate of drug-likeness (QED) is 0.710. The summed E-state index contributed by atoms with van der Waals surface area (Å²) in [4.78, 5) is 21.0. The van der Waals surface area contributed by atoms with Crippen LogP contribution < -0.4 is 15.2 Å². The van der Waals surface area contributed by atoms with Gasteiger partial charge in [-0.3, -0.25) is 9.59 Å². The number of nitrogens with two attached hydrogens (primary N) is 1. The Labute approximate surface area is 86.8 Å². The average Bonchev–Trinajstić information content (AvgIpc) is 2.25. The summed E-state index contributed by atoms with van der Waals surface area (Å²) < 4.78 is 10.1. The summed E-state index contributed by atoms with van der Waals surface area (Å²) >= 11 is 0. The van der Waals surface area contributed by atoms with Crippen molar-refractivity contribution in [1.29, 1.82) is 0 Å². The lowest BCUT2D eigenvalue weighted by molar-refractivity contribution is -0.119. The first kappa shape index (κ1) is 11.0. The van der Waals surface area contributed by atoms with Gasteiger partial charge in [0.25, 0.3) is 5.91 Å². The molecule has 1 rings (SSSR count). The van der Waals surface area contributed by atoms with Crippen LogP contribution in [0.1, 0.15) is 10.4 Å². The number of carbonyl (C=O) groups excluding carboxylic acids is 2. The molecule has 2 N–H and O–H groups in total. The summed E-state index contributed by atoms with van der Waals surface area (Å²) in [6.07, 6.45) is 0.677. The second-order valence-corrected chi connectivity index (χ2v) is 2.78. The molecule has 0 aromatic heterocycles. The van der Waals surface area contributed by atoms with Gasteiger partial charge < -0.3 is 15.2 Å². The van der Waals surface area contributed by atoms with Gasteiger partial charge in [0.05, 0.1) is 7.11 Å². The van der Waals surface area contributed by atoms with Crippen molar-refractivity contribution in [3.05, 3.63) is 23.8 Å². The second kappa shape index (κ2) is 4.99. The Morgan fingerprint density at radius 2 is 2.20 bits per heavy atom. The van der Waals surface area contributed by atoms with E-state index < -0.39 is 5.91 Å². The van der Waals surface area contributed by atoms with Crippen LogP contribution in [0.2, 0.25) is 0 Å². The fourth-order valence-corrected chi connectivity index (χ4v) is 1.03. The highest BCUT2D eigenvalue weighted by molar-refractivity contribution is 5.77. The van der Waals surface area contributed by atoms with Crippen LogP contribution in [0.4, 0.5) is 0 Å². The summed E-state index contributed by atoms with van der Waals surface area (Å²) in [5.41, 5.74) is 5.37. The highest BCUT2D eigenvalue weighted by atomic mass is 16.5. The maximum Gasteiger partial charge on any atom is 0.255 e. The van der Waals surface area contributed by atoms with Crippen molar-refractivity contribution in [3.63, 3.8) is 0 Å². The van der Waals surface area contributed by atoms with Crippen molar-refractivity contribution in [3.8, 4) is 11.5 Å². The molecule has 0 aliphatic carbocycles. The number of hydrogen-bond acceptors (Lipinski definition) is 4. The molecule has 0 aliphatic heterocycles. The lowest BCUT2D eigenvalue weighted by Crippen LogP contribution is -2.20. The number of benzene rings is 1. The van der Waals surface area contributed by atoms with E-state index in [0.29, 0.717) is 23.3 Å². The third-order valence-corrected chi connectivity index (χ3v) is 1.69. The molecule has 0 atom stereocenters. The zero-order valence-electron chi connectivity index (χ0n) is 8.23. The summed E-state index contributed by atoms with van der Waals surface area (Å²) in [7, 11) is 1.47. The number of amides is 1. The molecule has 0 radical (unpaired) electrons. The number of hydrogen-bond donors (Lipinski definition) is 1. The molecule has 0 aliphatic rings. The van der Waals surface area contributed by atoms with Crippen LogP contribution in [-0.4, -0.2) is 25.9 Å². The first-order chi connectivity index (χ1) is 7.17. The predicted octanol–water partition coefficient (Wildman–Crippen LogP) is 0.372. The van der Waals surface area contributed by atoms with Crippen LogP contribution in [-0.2, 0) is 4.79 Å². The van der Waals surface area contributed by atoms with E-state index in [-0.39, 0.29) is 6.61 Å². The van der Waals surface area contributed by atoms with Crippen LogP contribution in [0, 0.1) is 0 Å². The van der Waals surface area contributed by atoms with E-state index in [1.807, 2.05) is 0 Å². The average molecular weight is 209 g/mol. The molecule has 80 valence electrons. The van der Waals surface area contributed by atoms with Crippen LogP contribution in [0.5, 0.6) is 11.5 Å². The van der Waals surface area contributed by atoms with Gasteiger partial charge in [-0.1, -0.05) is 0 Å². The van der Waals surface area contributed by atoms with Crippen molar-refractivity contribution >= 4 is 12.2 Å². The minimum absolute atomic E-state index is 0.251. The van der Waals surface area contributed by atoms with Crippen LogP contribution in [0.3, 0.4) is 0 Å². The van der Waals surface area contributed by atoms with E-state index in [1.54, 1.807) is 12.1 Å². The summed E-state index contributed by atoms with van der Waals surface area (Å²) in [6, 6.07) is 4.65. The van der Waals surface area contributed by atoms with Gasteiger partial charge in [-0.15, -0.1) is 0 Å². The fourth-order valence-electron chi connectivity index (χ4n) is 1.03. The number of methoxy groups -OCH3 is 1. The van der Waals surface area contributed by atoms with Gasteiger partial charge in [-0.25, -0.2) is 0 Å². The van der Waals surface area contributed by atoms with Crippen molar-refractivity contribution in [2.45, 2.75) is 0 Å². The molecule has 0 unspecified atom stereocenters. The molecular formula is C10H11NO4. The number of rotatable bonds is 5. The summed E-state index contributed by atoms with van der Waals surface area (Å²) in [5.74, 6) is 0.177. The summed E-state index contributed by atoms with van der Waals surface area (Å²) in [6.45, 7) is -0.251. The molecule has 1 aromatic carbocycles. The van der Waals surface area contributed by atoms with Crippen molar-refractivity contribution in [2.24, 2.45) is 5.73 Å². The maximum atomic E-state index is 10.5. The second-order valence-electron chi connectivity index (χ2n) is 2.78. The van der Waals surface area contributed by atoms with E-state index in [0.717, 1.165) is 0 Å². The Balaban J connectivity index is 2.90. The topological polar surface area (TPSA) is 78.6 Å². The van der Waals surface area contributed by atoms with Gasteiger partial charge in [0.2, 0.25) is 0 Å². The normalized spacial score (nSPS) is 9.40. The molecule has 0 spiro atoms. The molecule has 0 heterocycles. The Morgan fingerprint density at radius 3 is 2.73 bits per heavy atom. The fraction of sp³-hybridized carbons (Fsp3) is 0.200. The molecule has 0 bridgehead atoms. The van der Waals surface area contributed by atoms with Crippen LogP contribution in [0.25, 0.3) is 0 Å². The maximum absolute atomic E-state index is 10.5. The number of primary amides is 1. The van der Waals surface area contributed by atoms with Gasteiger partial charge in [0, 0.05) is 5.56 Å². The van der Waals surface area contributed by atoms with Gasteiger partial charge in [-0.2, -0.15) is 0 Å². The van der Waals surface area contributed by atoms with E-state index in [9.17, 15) is 9.59 Å². The molecule has 0 saturated heterocycles. The smallest absolute Gasteiger partial charge is 0.255 e. The van der Waals surface area contributed by atoms with Gasteiger partial charge in [0.1, 0.15) is 6.29 Å². The molecule has 0 saturated carbocycles. The SMILES string of the molecule is COc1ccc(C=O)cc1OCC(N)=O. The third kappa shape index (κ3) is 2.98. The van der Waals surface area contributed by atoms with Gasteiger partial charge in [-0.05, 0) is 18.2 Å². The van der Waals surface area contributed by atoms with Crippen molar-refractivity contribution in [2.75, 3.05) is 13.7 Å². The zero-order valence-corrected chi connectivity index (χ0v) is 8.23. The Morgan fingerprint density at radius 1 is 1.47 bits per heavy atom. The number of aldehydes is 1. The Bertz CT molecular complexity index is 376. The van der Waals surface area contributed by atoms with E-state index in [2.05, 4.69) is 0 Å². The van der Waals surface area contributed by atoms with Crippen molar-refractivity contribution < 1.29 is 19.1 Å². The van der Waals surface area contributed by atoms with Crippen LogP contribution >= 0.6 is 0 Å². The number of ether oxygens (including phenoxy) is 2. The minimum Gasteiger partial charge on any atom is -0.493 e. The molecule has 1 aromatic rings. The van der Waals surface area contributed by atoms with E-state index in [4.69, 9.17) is 15.2 Å². The highest BCUT2D eigenvalue weighted by Crippen LogP contribution is 2.27. The lowest BCUT2D eigenvalue weighted by Gasteiger charge is -2.09. The van der Waals surface area contributed by atoms with Crippen LogP contribution in [0.15, 0.2) is 18.2 Å². The van der Waals surface area contributed by atoms with E-state index >= 15 is 0 Å². The molecular weight excluding hydrogens is 198 g/mol. The van der Waals surface area contributed by atoms with E-state index in [1.165, 1.54) is 13.2 Å². The first-order valence-electron chi connectivity index (χ1n) is 4.21. The first-order valence-corrected chi connectivity index (χ1v) is 4.21. The molecule has 5 heteroatoms. The molecule has 0 fully saturated rings. The lowest BCUT2D eigenvalue weighted by atomic mass is 10.2. The standard InChI is InChI=1S/C10H11NO4/c1-14-8-3-2-7(5-12)4-9(8)15-6-10(11)13/h2-5H,6H2,1H3,(H2,11,13).